The number of tetrazole rings is 1. The number of nitrogens with zero attached hydrogens (tertiary/aromatic N) is 6. The van der Waals surface area contributed by atoms with Crippen molar-refractivity contribution in [2.45, 2.75) is 24.4 Å². The first-order valence-electron chi connectivity index (χ1n) is 5.74. The molecule has 7 nitrogen and oxygen atoms in total. The fourth-order valence-electron chi connectivity index (χ4n) is 1.60. The minimum absolute atomic E-state index is 0.774. The summed E-state index contributed by atoms with van der Waals surface area (Å²) in [5.41, 5.74) is 2.20. The lowest BCUT2D eigenvalue weighted by atomic mass is 10.4. The van der Waals surface area contributed by atoms with Crippen LogP contribution < -0.4 is 5.32 Å². The van der Waals surface area contributed by atoms with Gasteiger partial charge in [0.05, 0.1) is 12.2 Å². The largest absolute Gasteiger partial charge is 0.318 e. The molecule has 0 bridgehead atoms. The second kappa shape index (κ2) is 5.96. The molecule has 2 aromatic heterocycles. The van der Waals surface area contributed by atoms with E-state index >= 15 is 0 Å². The molecule has 0 radical (unpaired) electrons. The first kappa shape index (κ1) is 13.0. The fraction of sp³-hybridized carbons (Fsp3) is 0.600. The number of hydrogen-bond donors (Lipinski definition) is 1. The second-order valence-electron chi connectivity index (χ2n) is 3.98. The van der Waals surface area contributed by atoms with Crippen LogP contribution in [0.25, 0.3) is 0 Å². The van der Waals surface area contributed by atoms with Crippen LogP contribution in [0, 0.1) is 6.92 Å². The van der Waals surface area contributed by atoms with Crippen LogP contribution in [0.5, 0.6) is 0 Å². The second-order valence-corrected chi connectivity index (χ2v) is 4.92. The van der Waals surface area contributed by atoms with Crippen LogP contribution >= 0.6 is 11.8 Å². The summed E-state index contributed by atoms with van der Waals surface area (Å²) in [5.74, 6) is 0.817. The number of aryl methyl sites for hydroxylation is 2. The van der Waals surface area contributed by atoms with Crippen molar-refractivity contribution in [3.8, 4) is 0 Å². The van der Waals surface area contributed by atoms with E-state index in [2.05, 4.69) is 32.0 Å². The first-order chi connectivity index (χ1) is 8.70. The predicted molar refractivity (Wildman–Crippen MR) is 69.2 cm³/mol. The Bertz CT molecular complexity index is 504. The molecule has 2 heterocycles. The maximum Gasteiger partial charge on any atom is 0.209 e. The molecule has 0 saturated carbocycles. The topological polar surface area (TPSA) is 73.5 Å². The van der Waals surface area contributed by atoms with Crippen LogP contribution in [0.4, 0.5) is 0 Å². The molecule has 1 N–H and O–H groups in total. The van der Waals surface area contributed by atoms with Gasteiger partial charge in [-0.2, -0.15) is 5.10 Å². The van der Waals surface area contributed by atoms with Crippen LogP contribution in [-0.4, -0.2) is 43.6 Å². The summed E-state index contributed by atoms with van der Waals surface area (Å²) in [6.07, 6.45) is 0. The highest BCUT2D eigenvalue weighted by molar-refractivity contribution is 7.98. The van der Waals surface area contributed by atoms with Gasteiger partial charge in [0.15, 0.2) is 0 Å². The van der Waals surface area contributed by atoms with Gasteiger partial charge in [-0.25, -0.2) is 4.68 Å². The summed E-state index contributed by atoms with van der Waals surface area (Å²) < 4.78 is 3.70. The number of thioether (sulfide) groups is 1. The van der Waals surface area contributed by atoms with Gasteiger partial charge < -0.3 is 5.32 Å². The highest BCUT2D eigenvalue weighted by Gasteiger charge is 2.08. The minimum atomic E-state index is 0.774. The zero-order chi connectivity index (χ0) is 13.0. The Labute approximate surface area is 110 Å². The third-order valence-corrected chi connectivity index (χ3v) is 3.51. The fourth-order valence-corrected chi connectivity index (χ4v) is 2.51. The summed E-state index contributed by atoms with van der Waals surface area (Å²) in [4.78, 5) is 0. The molecule has 0 unspecified atom stereocenters. The molecule has 0 spiro atoms. The molecule has 0 amide bonds. The van der Waals surface area contributed by atoms with Crippen molar-refractivity contribution in [2.24, 2.45) is 7.05 Å². The van der Waals surface area contributed by atoms with Crippen LogP contribution in [0.1, 0.15) is 11.4 Å². The third kappa shape index (κ3) is 3.08. The van der Waals surface area contributed by atoms with E-state index in [0.29, 0.717) is 0 Å². The van der Waals surface area contributed by atoms with E-state index < -0.39 is 0 Å². The van der Waals surface area contributed by atoms with E-state index in [1.54, 1.807) is 11.8 Å². The lowest BCUT2D eigenvalue weighted by molar-refractivity contribution is 0.530. The van der Waals surface area contributed by atoms with E-state index in [0.717, 1.165) is 29.7 Å². The molecule has 0 fully saturated rings. The zero-order valence-electron chi connectivity index (χ0n) is 10.8. The van der Waals surface area contributed by atoms with E-state index in [-0.39, 0.29) is 0 Å². The summed E-state index contributed by atoms with van der Waals surface area (Å²) in [6, 6.07) is 2.08. The summed E-state index contributed by atoms with van der Waals surface area (Å²) in [7, 11) is 3.86. The molecule has 8 heteroatoms. The average molecular weight is 267 g/mol. The first-order valence-corrected chi connectivity index (χ1v) is 6.72. The number of aromatic nitrogens is 6. The Hall–Kier alpha value is -1.41. The molecule has 2 aromatic rings. The van der Waals surface area contributed by atoms with Crippen molar-refractivity contribution >= 4 is 11.8 Å². The Morgan fingerprint density at radius 1 is 1.44 bits per heavy atom. The Balaban J connectivity index is 1.97. The maximum atomic E-state index is 4.32. The molecule has 0 aliphatic rings. The van der Waals surface area contributed by atoms with Gasteiger partial charge in [-0.3, -0.25) is 4.68 Å². The van der Waals surface area contributed by atoms with Crippen molar-refractivity contribution in [3.05, 3.63) is 17.5 Å². The van der Waals surface area contributed by atoms with Crippen LogP contribution in [0.15, 0.2) is 11.2 Å². The minimum Gasteiger partial charge on any atom is -0.318 e. The molecule has 0 atom stereocenters. The summed E-state index contributed by atoms with van der Waals surface area (Å²) in [5, 5.41) is 19.9. The van der Waals surface area contributed by atoms with Gasteiger partial charge in [-0.15, -0.1) is 5.10 Å². The normalized spacial score (nSPS) is 11.1. The Kier molecular flexibility index (Phi) is 4.32. The van der Waals surface area contributed by atoms with Gasteiger partial charge in [0.25, 0.3) is 0 Å². The predicted octanol–water partition coefficient (Wildman–Crippen LogP) is 0.227. The molecule has 0 aliphatic heterocycles. The van der Waals surface area contributed by atoms with E-state index in [1.165, 1.54) is 5.69 Å². The van der Waals surface area contributed by atoms with Crippen molar-refractivity contribution in [3.63, 3.8) is 0 Å². The van der Waals surface area contributed by atoms with Gasteiger partial charge >= 0.3 is 0 Å². The Morgan fingerprint density at radius 3 is 2.94 bits per heavy atom. The highest BCUT2D eigenvalue weighted by Crippen LogP contribution is 2.19. The molecular formula is C10H17N7S. The monoisotopic (exact) mass is 267 g/mol. The molecule has 18 heavy (non-hydrogen) atoms. The standard InChI is InChI=1S/C10H17N7S/c1-8-6-9(16(3)13-8)7-18-10-12-14-15-17(10)5-4-11-2/h6,11H,4-5,7H2,1-3H3. The van der Waals surface area contributed by atoms with E-state index in [4.69, 9.17) is 0 Å². The molecular weight excluding hydrogens is 250 g/mol. The van der Waals surface area contributed by atoms with Crippen LogP contribution in [0.3, 0.4) is 0 Å². The number of likely N-dealkylation sites (N-methyl/N-ethyl adjacent to an activating group) is 1. The summed E-state index contributed by atoms with van der Waals surface area (Å²) in [6.45, 7) is 3.62. The van der Waals surface area contributed by atoms with Crippen LogP contribution in [0.2, 0.25) is 0 Å². The van der Waals surface area contributed by atoms with E-state index in [1.807, 2.05) is 30.4 Å². The lowest BCUT2D eigenvalue weighted by Crippen LogP contribution is -2.16. The Morgan fingerprint density at radius 2 is 2.28 bits per heavy atom. The number of nitrogens with one attached hydrogen (secondary N) is 1. The van der Waals surface area contributed by atoms with Crippen molar-refractivity contribution in [1.82, 2.24) is 35.3 Å². The van der Waals surface area contributed by atoms with Crippen LogP contribution in [-0.2, 0) is 19.3 Å². The average Bonchev–Trinajstić information content (AvgIpc) is 2.90. The number of rotatable bonds is 6. The van der Waals surface area contributed by atoms with Gasteiger partial charge in [0.2, 0.25) is 5.16 Å². The smallest absolute Gasteiger partial charge is 0.209 e. The van der Waals surface area contributed by atoms with Crippen molar-refractivity contribution in [2.75, 3.05) is 13.6 Å². The number of hydrogen-bond acceptors (Lipinski definition) is 6. The molecule has 0 aliphatic carbocycles. The zero-order valence-corrected chi connectivity index (χ0v) is 11.6. The quantitative estimate of drug-likeness (QED) is 0.755. The van der Waals surface area contributed by atoms with Gasteiger partial charge in [0, 0.05) is 25.0 Å². The van der Waals surface area contributed by atoms with Gasteiger partial charge in [-0.1, -0.05) is 11.8 Å². The summed E-state index contributed by atoms with van der Waals surface area (Å²) >= 11 is 1.62. The van der Waals surface area contributed by atoms with E-state index in [9.17, 15) is 0 Å². The van der Waals surface area contributed by atoms with Gasteiger partial charge in [-0.05, 0) is 30.5 Å². The lowest BCUT2D eigenvalue weighted by Gasteiger charge is -2.03. The maximum absolute atomic E-state index is 4.32. The highest BCUT2D eigenvalue weighted by atomic mass is 32.2. The van der Waals surface area contributed by atoms with Crippen molar-refractivity contribution < 1.29 is 0 Å². The third-order valence-electron chi connectivity index (χ3n) is 2.52. The molecule has 98 valence electrons. The SMILES string of the molecule is CNCCn1nnnc1SCc1cc(C)nn1C. The molecule has 2 rings (SSSR count). The molecule has 0 aromatic carbocycles. The van der Waals surface area contributed by atoms with Gasteiger partial charge in [0.1, 0.15) is 0 Å². The van der Waals surface area contributed by atoms with Crippen molar-refractivity contribution in [1.29, 1.82) is 0 Å². The molecule has 0 saturated heterocycles.